The van der Waals surface area contributed by atoms with Crippen molar-refractivity contribution in [1.29, 1.82) is 0 Å². The summed E-state index contributed by atoms with van der Waals surface area (Å²) in [6.07, 6.45) is 2.09. The number of hydrogen-bond acceptors (Lipinski definition) is 24. The van der Waals surface area contributed by atoms with Gasteiger partial charge in [0.1, 0.15) is 0 Å². The highest BCUT2D eigenvalue weighted by molar-refractivity contribution is 5.82. The molecular formula is C68H118O24. The minimum Gasteiger partial charge on any atom is -0.382 e. The van der Waals surface area contributed by atoms with E-state index in [9.17, 15) is 0 Å². The number of benzene rings is 2. The number of hydrogen-bond donors (Lipinski definition) is 0. The van der Waals surface area contributed by atoms with Crippen molar-refractivity contribution in [3.8, 4) is 11.1 Å². The Labute approximate surface area is 550 Å². The molecule has 2 aliphatic carbocycles. The molecule has 0 heterocycles. The number of rotatable bonds is 71. The van der Waals surface area contributed by atoms with Crippen LogP contribution in [0, 0.1) is 25.7 Å². The van der Waals surface area contributed by atoms with Gasteiger partial charge in [0.05, 0.1) is 304 Å². The summed E-state index contributed by atoms with van der Waals surface area (Å²) < 4.78 is 135. The van der Waals surface area contributed by atoms with Crippen LogP contribution in [0.2, 0.25) is 0 Å². The Kier molecular flexibility index (Phi) is 53.2. The van der Waals surface area contributed by atoms with E-state index >= 15 is 0 Å². The van der Waals surface area contributed by atoms with Gasteiger partial charge >= 0.3 is 0 Å². The lowest BCUT2D eigenvalue weighted by atomic mass is 9.65. The molecule has 0 aromatic heterocycles. The van der Waals surface area contributed by atoms with E-state index in [1.165, 1.54) is 33.4 Å². The van der Waals surface area contributed by atoms with Crippen molar-refractivity contribution >= 4 is 0 Å². The molecule has 0 aliphatic heterocycles. The highest BCUT2D eigenvalue weighted by Crippen LogP contribution is 2.62. The average Bonchev–Trinajstić information content (AvgIpc) is 1.53. The van der Waals surface area contributed by atoms with Gasteiger partial charge in [-0.1, -0.05) is 47.5 Å². The Morgan fingerprint density at radius 3 is 0.641 bits per heavy atom. The summed E-state index contributed by atoms with van der Waals surface area (Å²) in [6.45, 7) is 30.8. The fourth-order valence-corrected chi connectivity index (χ4v) is 10.4. The van der Waals surface area contributed by atoms with E-state index < -0.39 is 0 Å². The zero-order valence-electron chi connectivity index (χ0n) is 56.6. The van der Waals surface area contributed by atoms with Gasteiger partial charge in [-0.2, -0.15) is 0 Å². The standard InChI is InChI=1S/C68H118O24/c1-5-70-14-15-72-18-19-74-22-23-76-26-27-78-30-31-80-34-35-82-37-39-84-41-43-86-45-47-88-49-51-90-53-55-92-59-63-9-8-62(68(63)66-56-60(2)6-10-64(66)65-11-7-61(3)57-67(65)68)58-91-54-52-89-50-48-87-46-44-85-42-40-83-38-36-81-33-32-79-29-28-77-25-24-75-21-20-73-17-16-71-13-12-69-4/h6-7,10-11,56-57,62-63H,5,8-9,12-55,58-59H2,1-4H3. The summed E-state index contributed by atoms with van der Waals surface area (Å²) in [5.41, 5.74) is 7.73. The van der Waals surface area contributed by atoms with Gasteiger partial charge in [-0.15, -0.1) is 0 Å². The van der Waals surface area contributed by atoms with Crippen LogP contribution in [0.3, 0.4) is 0 Å². The Morgan fingerprint density at radius 1 is 0.261 bits per heavy atom. The molecule has 0 N–H and O–H groups in total. The van der Waals surface area contributed by atoms with Gasteiger partial charge in [0, 0.05) is 19.1 Å². The first kappa shape index (κ1) is 81.9. The number of methoxy groups -OCH3 is 1. The van der Waals surface area contributed by atoms with Gasteiger partial charge in [0.25, 0.3) is 0 Å². The second-order valence-electron chi connectivity index (χ2n) is 21.5. The number of fused-ring (bicyclic) bond motifs is 5. The quantitative estimate of drug-likeness (QED) is 0.0731. The third-order valence-electron chi connectivity index (χ3n) is 14.8. The zero-order chi connectivity index (χ0) is 65.0. The molecule has 4 rings (SSSR count). The van der Waals surface area contributed by atoms with Crippen molar-refractivity contribution in [1.82, 2.24) is 0 Å². The summed E-state index contributed by atoms with van der Waals surface area (Å²) >= 11 is 0. The number of aryl methyl sites for hydroxylation is 2. The Morgan fingerprint density at radius 2 is 0.446 bits per heavy atom. The van der Waals surface area contributed by atoms with Crippen LogP contribution in [-0.2, 0) is 119 Å². The van der Waals surface area contributed by atoms with Gasteiger partial charge in [0.15, 0.2) is 0 Å². The van der Waals surface area contributed by atoms with E-state index in [1.54, 1.807) is 7.11 Å². The summed E-state index contributed by atoms with van der Waals surface area (Å²) in [5, 5.41) is 0. The molecule has 0 radical (unpaired) electrons. The highest BCUT2D eigenvalue weighted by Gasteiger charge is 2.57. The van der Waals surface area contributed by atoms with Crippen molar-refractivity contribution in [3.05, 3.63) is 58.7 Å². The Hall–Kier alpha value is -2.52. The topological polar surface area (TPSA) is 222 Å². The first-order valence-electron chi connectivity index (χ1n) is 33.6. The molecule has 0 saturated heterocycles. The number of ether oxygens (including phenoxy) is 24. The monoisotopic (exact) mass is 1320 g/mol. The van der Waals surface area contributed by atoms with Crippen LogP contribution in [-0.4, -0.2) is 318 Å². The van der Waals surface area contributed by atoms with Crippen molar-refractivity contribution < 1.29 is 114 Å². The molecule has 2 aliphatic rings. The third-order valence-corrected chi connectivity index (χ3v) is 14.8. The molecule has 92 heavy (non-hydrogen) atoms. The lowest BCUT2D eigenvalue weighted by Crippen LogP contribution is -2.41. The van der Waals surface area contributed by atoms with Crippen LogP contribution in [0.15, 0.2) is 36.4 Å². The van der Waals surface area contributed by atoms with Gasteiger partial charge < -0.3 is 114 Å². The summed E-state index contributed by atoms with van der Waals surface area (Å²) in [7, 11) is 1.65. The van der Waals surface area contributed by atoms with Gasteiger partial charge in [-0.3, -0.25) is 0 Å². The van der Waals surface area contributed by atoms with Crippen LogP contribution < -0.4 is 0 Å². The molecule has 0 amide bonds. The minimum atomic E-state index is -0.218. The zero-order valence-corrected chi connectivity index (χ0v) is 56.6. The first-order valence-corrected chi connectivity index (χ1v) is 33.6. The SMILES string of the molecule is CCOCCOCCOCCOCCOCCOCCOCCOCCOCCOCCOCCOCC1CCC(COCCOCCOCCOCCOCCOCCOCCOCCOCCOCCOCCOC)C12c1cc(C)ccc1-c1ccc(C)cc12. The lowest BCUT2D eigenvalue weighted by molar-refractivity contribution is -0.0294. The van der Waals surface area contributed by atoms with E-state index in [0.717, 1.165) is 12.8 Å². The maximum atomic E-state index is 6.46. The average molecular weight is 1320 g/mol. The highest BCUT2D eigenvalue weighted by atomic mass is 16.6. The normalized spacial score (nSPS) is 15.0. The molecule has 2 atom stereocenters. The van der Waals surface area contributed by atoms with Crippen LogP contribution in [0.5, 0.6) is 0 Å². The van der Waals surface area contributed by atoms with Crippen LogP contribution in [0.1, 0.15) is 42.0 Å². The van der Waals surface area contributed by atoms with Gasteiger partial charge in [-0.25, -0.2) is 0 Å². The smallest absolute Gasteiger partial charge is 0.0701 e. The molecule has 24 heteroatoms. The molecule has 2 aromatic rings. The fraction of sp³-hybridized carbons (Fsp3) is 0.824. The van der Waals surface area contributed by atoms with Gasteiger partial charge in [-0.05, 0) is 67.7 Å². The first-order chi connectivity index (χ1) is 45.6. The second-order valence-corrected chi connectivity index (χ2v) is 21.5. The maximum absolute atomic E-state index is 6.46. The van der Waals surface area contributed by atoms with Gasteiger partial charge in [0.2, 0.25) is 0 Å². The molecule has 2 unspecified atom stereocenters. The lowest BCUT2D eigenvalue weighted by Gasteiger charge is -2.39. The van der Waals surface area contributed by atoms with E-state index in [-0.39, 0.29) is 17.3 Å². The predicted molar refractivity (Wildman–Crippen MR) is 345 cm³/mol. The predicted octanol–water partition coefficient (Wildman–Crippen LogP) is 5.64. The Bertz CT molecular complexity index is 1890. The molecule has 24 nitrogen and oxygen atoms in total. The van der Waals surface area contributed by atoms with E-state index in [4.69, 9.17) is 114 Å². The van der Waals surface area contributed by atoms with Crippen LogP contribution >= 0.6 is 0 Å². The summed E-state index contributed by atoms with van der Waals surface area (Å²) in [4.78, 5) is 0. The molecule has 2 aromatic carbocycles. The van der Waals surface area contributed by atoms with Crippen molar-refractivity contribution in [2.24, 2.45) is 11.8 Å². The van der Waals surface area contributed by atoms with Crippen LogP contribution in [0.25, 0.3) is 11.1 Å². The fourth-order valence-electron chi connectivity index (χ4n) is 10.4. The summed E-state index contributed by atoms with van der Waals surface area (Å²) in [5.74, 6) is 0.564. The maximum Gasteiger partial charge on any atom is 0.0701 e. The van der Waals surface area contributed by atoms with E-state index in [0.29, 0.717) is 311 Å². The molecule has 0 bridgehead atoms. The molecule has 1 spiro atoms. The third kappa shape index (κ3) is 39.0. The Balaban J connectivity index is 0.915. The van der Waals surface area contributed by atoms with Crippen molar-refractivity contribution in [2.45, 2.75) is 39.0 Å². The van der Waals surface area contributed by atoms with E-state index in [2.05, 4.69) is 50.2 Å². The minimum absolute atomic E-state index is 0.218. The van der Waals surface area contributed by atoms with Crippen LogP contribution in [0.4, 0.5) is 0 Å². The molecule has 534 valence electrons. The molecular weight excluding hydrogens is 1200 g/mol. The largest absolute Gasteiger partial charge is 0.382 e. The van der Waals surface area contributed by atoms with Crippen molar-refractivity contribution in [3.63, 3.8) is 0 Å². The second kappa shape index (κ2) is 59.7. The van der Waals surface area contributed by atoms with E-state index in [1.807, 2.05) is 6.92 Å². The molecule has 1 saturated carbocycles. The summed E-state index contributed by atoms with van der Waals surface area (Å²) in [6, 6.07) is 13.9. The van der Waals surface area contributed by atoms with Crippen molar-refractivity contribution in [2.75, 3.05) is 318 Å². The molecule has 1 fully saturated rings.